The van der Waals surface area contributed by atoms with Crippen LogP contribution in [0.3, 0.4) is 0 Å². The van der Waals surface area contributed by atoms with E-state index in [1.807, 2.05) is 36.4 Å². The summed E-state index contributed by atoms with van der Waals surface area (Å²) in [5.41, 5.74) is 3.80. The zero-order valence-electron chi connectivity index (χ0n) is 13.8. The number of fused-ring (bicyclic) bond motifs is 2. The van der Waals surface area contributed by atoms with Gasteiger partial charge in [-0.1, -0.05) is 48.5 Å². The molecule has 0 aromatic heterocycles. The van der Waals surface area contributed by atoms with E-state index < -0.39 is 0 Å². The van der Waals surface area contributed by atoms with Crippen molar-refractivity contribution in [1.29, 1.82) is 0 Å². The van der Waals surface area contributed by atoms with E-state index in [2.05, 4.69) is 28.7 Å². The van der Waals surface area contributed by atoms with Crippen molar-refractivity contribution < 1.29 is 9.18 Å². The molecule has 1 amide bonds. The molecule has 4 heteroatoms. The van der Waals surface area contributed by atoms with E-state index in [-0.39, 0.29) is 11.7 Å². The second-order valence-electron chi connectivity index (χ2n) is 5.94. The average molecular weight is 342 g/mol. The third-order valence-electron chi connectivity index (χ3n) is 4.28. The number of hydrazone groups is 1. The van der Waals surface area contributed by atoms with Crippen molar-refractivity contribution in [1.82, 2.24) is 5.43 Å². The lowest BCUT2D eigenvalue weighted by atomic mass is 9.97. The maximum absolute atomic E-state index is 13.0. The van der Waals surface area contributed by atoms with Gasteiger partial charge in [-0.25, -0.2) is 9.82 Å². The van der Waals surface area contributed by atoms with E-state index in [0.717, 1.165) is 27.1 Å². The molecule has 4 aromatic carbocycles. The van der Waals surface area contributed by atoms with Gasteiger partial charge < -0.3 is 0 Å². The van der Waals surface area contributed by atoms with E-state index >= 15 is 0 Å². The molecule has 0 saturated heterocycles. The summed E-state index contributed by atoms with van der Waals surface area (Å²) in [6, 6.07) is 23.6. The minimum absolute atomic E-state index is 0.353. The van der Waals surface area contributed by atoms with E-state index in [4.69, 9.17) is 0 Å². The summed E-state index contributed by atoms with van der Waals surface area (Å²) in [7, 11) is 0. The van der Waals surface area contributed by atoms with Crippen LogP contribution in [0.15, 0.2) is 84.0 Å². The summed E-state index contributed by atoms with van der Waals surface area (Å²) >= 11 is 0. The molecule has 0 spiro atoms. The fourth-order valence-electron chi connectivity index (χ4n) is 3.01. The number of carbonyl (C=O) groups is 1. The molecule has 3 nitrogen and oxygen atoms in total. The number of hydrogen-bond acceptors (Lipinski definition) is 2. The summed E-state index contributed by atoms with van der Waals surface area (Å²) in [6.45, 7) is 0. The van der Waals surface area contributed by atoms with Crippen LogP contribution in [0.5, 0.6) is 0 Å². The number of benzene rings is 4. The molecular formula is C22H15FN2O. The number of rotatable bonds is 3. The largest absolute Gasteiger partial charge is 0.271 e. The minimum Gasteiger partial charge on any atom is -0.267 e. The van der Waals surface area contributed by atoms with Gasteiger partial charge in [0.25, 0.3) is 5.91 Å². The zero-order chi connectivity index (χ0) is 17.9. The highest BCUT2D eigenvalue weighted by Gasteiger charge is 2.07. The minimum atomic E-state index is -0.384. The van der Waals surface area contributed by atoms with Gasteiger partial charge in [0, 0.05) is 11.1 Å². The van der Waals surface area contributed by atoms with Gasteiger partial charge in [-0.2, -0.15) is 5.10 Å². The summed E-state index contributed by atoms with van der Waals surface area (Å²) in [6.07, 6.45) is 1.66. The number of carbonyl (C=O) groups excluding carboxylic acids is 1. The van der Waals surface area contributed by atoms with Gasteiger partial charge in [-0.05, 0) is 51.9 Å². The second-order valence-corrected chi connectivity index (χ2v) is 5.94. The fraction of sp³-hybridized carbons (Fsp3) is 0. The van der Waals surface area contributed by atoms with Gasteiger partial charge in [0.15, 0.2) is 0 Å². The van der Waals surface area contributed by atoms with Crippen LogP contribution in [-0.2, 0) is 0 Å². The van der Waals surface area contributed by atoms with Gasteiger partial charge in [0.05, 0.1) is 6.21 Å². The third-order valence-corrected chi connectivity index (χ3v) is 4.28. The Labute approximate surface area is 149 Å². The number of hydrogen-bond donors (Lipinski definition) is 1. The molecule has 0 unspecified atom stereocenters. The van der Waals surface area contributed by atoms with E-state index in [1.54, 1.807) is 6.21 Å². The topological polar surface area (TPSA) is 41.5 Å². The standard InChI is InChI=1S/C22H15FN2O/c23-18-11-9-15(10-12-18)22(26)25-24-14-21-19-7-3-1-5-16(19)13-17-6-2-4-8-20(17)21/h1-14H,(H,25,26)/b24-14+. The molecular weight excluding hydrogens is 327 g/mol. The normalized spacial score (nSPS) is 11.3. The Morgan fingerprint density at radius 2 is 1.42 bits per heavy atom. The second kappa shape index (κ2) is 6.76. The molecule has 0 heterocycles. The fourth-order valence-corrected chi connectivity index (χ4v) is 3.01. The summed E-state index contributed by atoms with van der Waals surface area (Å²) < 4.78 is 13.0. The third kappa shape index (κ3) is 3.05. The molecule has 0 saturated carbocycles. The molecule has 0 aliphatic rings. The Morgan fingerprint density at radius 3 is 2.04 bits per heavy atom. The predicted molar refractivity (Wildman–Crippen MR) is 103 cm³/mol. The highest BCUT2D eigenvalue weighted by molar-refractivity contribution is 6.13. The van der Waals surface area contributed by atoms with Crippen molar-refractivity contribution >= 4 is 33.7 Å². The van der Waals surface area contributed by atoms with Crippen molar-refractivity contribution in [2.24, 2.45) is 5.10 Å². The monoisotopic (exact) mass is 342 g/mol. The molecule has 126 valence electrons. The van der Waals surface area contributed by atoms with Gasteiger partial charge >= 0.3 is 0 Å². The Morgan fingerprint density at radius 1 is 0.846 bits per heavy atom. The van der Waals surface area contributed by atoms with Gasteiger partial charge in [-0.3, -0.25) is 4.79 Å². The Hall–Kier alpha value is -3.53. The van der Waals surface area contributed by atoms with Crippen LogP contribution < -0.4 is 5.43 Å². The van der Waals surface area contributed by atoms with Crippen LogP contribution in [0.25, 0.3) is 21.5 Å². The molecule has 1 N–H and O–H groups in total. The van der Waals surface area contributed by atoms with Gasteiger partial charge in [-0.15, -0.1) is 0 Å². The summed E-state index contributed by atoms with van der Waals surface area (Å²) in [5, 5.41) is 8.46. The first-order valence-corrected chi connectivity index (χ1v) is 8.22. The molecule has 0 fully saturated rings. The maximum Gasteiger partial charge on any atom is 0.271 e. The van der Waals surface area contributed by atoms with Gasteiger partial charge in [0.2, 0.25) is 0 Å². The Kier molecular flexibility index (Phi) is 4.15. The van der Waals surface area contributed by atoms with Crippen molar-refractivity contribution in [2.45, 2.75) is 0 Å². The van der Waals surface area contributed by atoms with Crippen LogP contribution in [-0.4, -0.2) is 12.1 Å². The SMILES string of the molecule is O=C(N/N=C/c1c2ccccc2cc2ccccc12)c1ccc(F)cc1. The highest BCUT2D eigenvalue weighted by atomic mass is 19.1. The molecule has 0 aliphatic heterocycles. The number of amides is 1. The number of nitrogens with zero attached hydrogens (tertiary/aromatic N) is 1. The zero-order valence-corrected chi connectivity index (χ0v) is 13.8. The molecule has 0 atom stereocenters. The van der Waals surface area contributed by atoms with Crippen LogP contribution in [0.2, 0.25) is 0 Å². The highest BCUT2D eigenvalue weighted by Crippen LogP contribution is 2.27. The van der Waals surface area contributed by atoms with Crippen LogP contribution >= 0.6 is 0 Å². The van der Waals surface area contributed by atoms with E-state index in [0.29, 0.717) is 5.56 Å². The first kappa shape index (κ1) is 16.0. The van der Waals surface area contributed by atoms with Crippen molar-refractivity contribution in [3.63, 3.8) is 0 Å². The lowest BCUT2D eigenvalue weighted by Crippen LogP contribution is -2.17. The number of nitrogens with one attached hydrogen (secondary N) is 1. The lowest BCUT2D eigenvalue weighted by molar-refractivity contribution is 0.0955. The van der Waals surface area contributed by atoms with Crippen molar-refractivity contribution in [2.75, 3.05) is 0 Å². The number of halogens is 1. The Balaban J connectivity index is 1.70. The van der Waals surface area contributed by atoms with Crippen LogP contribution in [0.4, 0.5) is 4.39 Å². The smallest absolute Gasteiger partial charge is 0.267 e. The van der Waals surface area contributed by atoms with Crippen molar-refractivity contribution in [3.05, 3.63) is 95.8 Å². The van der Waals surface area contributed by atoms with E-state index in [1.165, 1.54) is 24.3 Å². The summed E-state index contributed by atoms with van der Waals surface area (Å²) in [5.74, 6) is -0.766. The van der Waals surface area contributed by atoms with Crippen molar-refractivity contribution in [3.8, 4) is 0 Å². The van der Waals surface area contributed by atoms with Crippen LogP contribution in [0.1, 0.15) is 15.9 Å². The first-order valence-electron chi connectivity index (χ1n) is 8.22. The Bertz CT molecular complexity index is 1080. The molecule has 26 heavy (non-hydrogen) atoms. The molecule has 0 radical (unpaired) electrons. The average Bonchev–Trinajstić information content (AvgIpc) is 2.68. The quantitative estimate of drug-likeness (QED) is 0.321. The lowest BCUT2D eigenvalue weighted by Gasteiger charge is -2.08. The summed E-state index contributed by atoms with van der Waals surface area (Å²) in [4.78, 5) is 12.1. The molecule has 0 bridgehead atoms. The maximum atomic E-state index is 13.0. The molecule has 4 aromatic rings. The van der Waals surface area contributed by atoms with Crippen LogP contribution in [0, 0.1) is 5.82 Å². The van der Waals surface area contributed by atoms with E-state index in [9.17, 15) is 9.18 Å². The first-order chi connectivity index (χ1) is 12.7. The molecule has 4 rings (SSSR count). The predicted octanol–water partition coefficient (Wildman–Crippen LogP) is 4.90. The molecule has 0 aliphatic carbocycles. The van der Waals surface area contributed by atoms with Gasteiger partial charge in [0.1, 0.15) is 5.82 Å².